The largest absolute Gasteiger partial charge is 0.483 e. The molecule has 1 atom stereocenters. The van der Waals surface area contributed by atoms with Crippen LogP contribution in [0.3, 0.4) is 0 Å². The fourth-order valence-corrected chi connectivity index (χ4v) is 3.19. The second-order valence-corrected chi connectivity index (χ2v) is 7.09. The number of hydrogen-bond acceptors (Lipinski definition) is 3. The third-order valence-electron chi connectivity index (χ3n) is 3.92. The molecule has 2 amide bonds. The van der Waals surface area contributed by atoms with Crippen molar-refractivity contribution in [2.45, 2.75) is 19.5 Å². The van der Waals surface area contributed by atoms with Gasteiger partial charge in [-0.25, -0.2) is 4.39 Å². The number of nitrogens with one attached hydrogen (secondary N) is 1. The first kappa shape index (κ1) is 21.2. The molecule has 144 valence electrons. The SMILES string of the molecule is CNC(=O)C(C)N(Cc1ccc(F)cc1)C(=O)COc1ccc(Cl)cc1Br. The average Bonchev–Trinajstić information content (AvgIpc) is 2.65. The van der Waals surface area contributed by atoms with Crippen molar-refractivity contribution in [2.75, 3.05) is 13.7 Å². The highest BCUT2D eigenvalue weighted by atomic mass is 79.9. The second-order valence-electron chi connectivity index (χ2n) is 5.80. The maximum Gasteiger partial charge on any atom is 0.261 e. The number of carbonyl (C=O) groups is 2. The molecule has 1 N–H and O–H groups in total. The van der Waals surface area contributed by atoms with Gasteiger partial charge in [0.25, 0.3) is 5.91 Å². The van der Waals surface area contributed by atoms with Crippen LogP contribution in [-0.2, 0) is 16.1 Å². The Hall–Kier alpha value is -2.12. The zero-order valence-corrected chi connectivity index (χ0v) is 17.2. The molecule has 5 nitrogen and oxygen atoms in total. The number of halogens is 3. The van der Waals surface area contributed by atoms with Crippen molar-refractivity contribution in [2.24, 2.45) is 0 Å². The van der Waals surface area contributed by atoms with Gasteiger partial charge in [-0.2, -0.15) is 0 Å². The summed E-state index contributed by atoms with van der Waals surface area (Å²) in [6.07, 6.45) is 0. The van der Waals surface area contributed by atoms with Gasteiger partial charge in [0.1, 0.15) is 17.6 Å². The first-order chi connectivity index (χ1) is 12.8. The summed E-state index contributed by atoms with van der Waals surface area (Å²) in [6, 6.07) is 10.00. The zero-order valence-electron chi connectivity index (χ0n) is 14.8. The van der Waals surface area contributed by atoms with Crippen LogP contribution in [0.5, 0.6) is 5.75 Å². The van der Waals surface area contributed by atoms with E-state index in [1.165, 1.54) is 24.1 Å². The number of rotatable bonds is 7. The van der Waals surface area contributed by atoms with Crippen molar-refractivity contribution in [1.82, 2.24) is 10.2 Å². The molecule has 0 saturated heterocycles. The summed E-state index contributed by atoms with van der Waals surface area (Å²) in [5.41, 5.74) is 0.702. The van der Waals surface area contributed by atoms with Gasteiger partial charge in [-0.05, 0) is 58.7 Å². The third-order valence-corrected chi connectivity index (χ3v) is 4.78. The lowest BCUT2D eigenvalue weighted by atomic mass is 10.1. The monoisotopic (exact) mass is 456 g/mol. The molecule has 2 aromatic rings. The summed E-state index contributed by atoms with van der Waals surface area (Å²) in [5.74, 6) is -0.593. The van der Waals surface area contributed by atoms with Gasteiger partial charge in [-0.1, -0.05) is 23.7 Å². The lowest BCUT2D eigenvalue weighted by Gasteiger charge is -2.28. The molecule has 2 rings (SSSR count). The van der Waals surface area contributed by atoms with E-state index in [9.17, 15) is 14.0 Å². The number of likely N-dealkylation sites (N-methyl/N-ethyl adjacent to an activating group) is 1. The van der Waals surface area contributed by atoms with Crippen molar-refractivity contribution in [3.63, 3.8) is 0 Å². The fraction of sp³-hybridized carbons (Fsp3) is 0.263. The minimum atomic E-state index is -0.718. The van der Waals surface area contributed by atoms with E-state index in [2.05, 4.69) is 21.2 Å². The molecule has 0 fully saturated rings. The van der Waals surface area contributed by atoms with Gasteiger partial charge in [0.15, 0.2) is 6.61 Å². The van der Waals surface area contributed by atoms with Gasteiger partial charge in [-0.15, -0.1) is 0 Å². The Morgan fingerprint density at radius 2 is 1.93 bits per heavy atom. The molecule has 0 bridgehead atoms. The van der Waals surface area contributed by atoms with E-state index < -0.39 is 6.04 Å². The van der Waals surface area contributed by atoms with Crippen LogP contribution in [0, 0.1) is 5.82 Å². The standard InChI is InChI=1S/C19H19BrClFN2O3/c1-12(19(26)23-2)24(10-13-3-6-15(22)7-4-13)18(25)11-27-17-8-5-14(21)9-16(17)20/h3-9,12H,10-11H2,1-2H3,(H,23,26). The summed E-state index contributed by atoms with van der Waals surface area (Å²) >= 11 is 9.22. The van der Waals surface area contributed by atoms with Crippen molar-refractivity contribution < 1.29 is 18.7 Å². The number of nitrogens with zero attached hydrogens (tertiary/aromatic N) is 1. The normalized spacial score (nSPS) is 11.6. The number of hydrogen-bond donors (Lipinski definition) is 1. The maximum absolute atomic E-state index is 13.1. The van der Waals surface area contributed by atoms with Crippen molar-refractivity contribution in [1.29, 1.82) is 0 Å². The van der Waals surface area contributed by atoms with Crippen LogP contribution in [0.1, 0.15) is 12.5 Å². The van der Waals surface area contributed by atoms with Crippen LogP contribution in [0.4, 0.5) is 4.39 Å². The van der Waals surface area contributed by atoms with E-state index in [4.69, 9.17) is 16.3 Å². The molecule has 0 spiro atoms. The molecule has 0 radical (unpaired) electrons. The predicted molar refractivity (Wildman–Crippen MR) is 105 cm³/mol. The highest BCUT2D eigenvalue weighted by molar-refractivity contribution is 9.10. The van der Waals surface area contributed by atoms with Crippen LogP contribution in [-0.4, -0.2) is 36.4 Å². The predicted octanol–water partition coefficient (Wildman–Crippen LogP) is 3.78. The van der Waals surface area contributed by atoms with Gasteiger partial charge < -0.3 is 15.0 Å². The first-order valence-electron chi connectivity index (χ1n) is 8.15. The van der Waals surface area contributed by atoms with Crippen LogP contribution in [0.15, 0.2) is 46.9 Å². The van der Waals surface area contributed by atoms with Crippen LogP contribution >= 0.6 is 27.5 Å². The Labute approximate surface area is 170 Å². The smallest absolute Gasteiger partial charge is 0.261 e. The Kier molecular flexibility index (Phi) is 7.62. The fourth-order valence-electron chi connectivity index (χ4n) is 2.39. The minimum absolute atomic E-state index is 0.152. The zero-order chi connectivity index (χ0) is 20.0. The summed E-state index contributed by atoms with van der Waals surface area (Å²) < 4.78 is 19.3. The van der Waals surface area contributed by atoms with Crippen molar-refractivity contribution in [3.05, 3.63) is 63.3 Å². The van der Waals surface area contributed by atoms with Gasteiger partial charge in [0.2, 0.25) is 5.91 Å². The van der Waals surface area contributed by atoms with E-state index in [0.29, 0.717) is 20.8 Å². The Bertz CT molecular complexity index is 817. The molecule has 0 heterocycles. The van der Waals surface area contributed by atoms with E-state index in [-0.39, 0.29) is 30.8 Å². The molecule has 0 saturated carbocycles. The highest BCUT2D eigenvalue weighted by Gasteiger charge is 2.26. The van der Waals surface area contributed by atoms with Crippen LogP contribution in [0.2, 0.25) is 5.02 Å². The van der Waals surface area contributed by atoms with Crippen molar-refractivity contribution in [3.8, 4) is 5.75 Å². The second kappa shape index (κ2) is 9.71. The van der Waals surface area contributed by atoms with E-state index in [1.54, 1.807) is 37.3 Å². The molecule has 8 heteroatoms. The van der Waals surface area contributed by atoms with Crippen LogP contribution < -0.4 is 10.1 Å². The van der Waals surface area contributed by atoms with E-state index in [1.807, 2.05) is 0 Å². The van der Waals surface area contributed by atoms with Gasteiger partial charge in [-0.3, -0.25) is 9.59 Å². The molecule has 0 aliphatic rings. The average molecular weight is 458 g/mol. The summed E-state index contributed by atoms with van der Waals surface area (Å²) in [7, 11) is 1.50. The summed E-state index contributed by atoms with van der Waals surface area (Å²) in [6.45, 7) is 1.51. The molecule has 27 heavy (non-hydrogen) atoms. The van der Waals surface area contributed by atoms with E-state index >= 15 is 0 Å². The van der Waals surface area contributed by atoms with E-state index in [0.717, 1.165) is 0 Å². The molecule has 0 aliphatic carbocycles. The Morgan fingerprint density at radius 1 is 1.26 bits per heavy atom. The highest BCUT2D eigenvalue weighted by Crippen LogP contribution is 2.28. The number of ether oxygens (including phenoxy) is 1. The van der Waals surface area contributed by atoms with Crippen LogP contribution in [0.25, 0.3) is 0 Å². The third kappa shape index (κ3) is 5.94. The van der Waals surface area contributed by atoms with Gasteiger partial charge in [0.05, 0.1) is 4.47 Å². The maximum atomic E-state index is 13.1. The number of amides is 2. The van der Waals surface area contributed by atoms with Gasteiger partial charge in [0, 0.05) is 18.6 Å². The minimum Gasteiger partial charge on any atom is -0.483 e. The number of carbonyl (C=O) groups excluding carboxylic acids is 2. The molecule has 2 aromatic carbocycles. The lowest BCUT2D eigenvalue weighted by Crippen LogP contribution is -2.48. The van der Waals surface area contributed by atoms with Crippen molar-refractivity contribution >= 4 is 39.3 Å². The lowest BCUT2D eigenvalue weighted by molar-refractivity contribution is -0.142. The topological polar surface area (TPSA) is 58.6 Å². The molecule has 0 aromatic heterocycles. The summed E-state index contributed by atoms with van der Waals surface area (Å²) in [5, 5.41) is 3.06. The molecular weight excluding hydrogens is 439 g/mol. The molecular formula is C19H19BrClFN2O3. The van der Waals surface area contributed by atoms with Gasteiger partial charge >= 0.3 is 0 Å². The quantitative estimate of drug-likeness (QED) is 0.688. The Balaban J connectivity index is 2.14. The first-order valence-corrected chi connectivity index (χ1v) is 9.32. The Morgan fingerprint density at radius 3 is 2.52 bits per heavy atom. The summed E-state index contributed by atoms with van der Waals surface area (Å²) in [4.78, 5) is 26.2. The molecule has 1 unspecified atom stereocenters. The number of benzene rings is 2. The molecule has 0 aliphatic heterocycles.